The Morgan fingerprint density at radius 3 is 2.19 bits per heavy atom. The highest BCUT2D eigenvalue weighted by Crippen LogP contribution is 2.37. The van der Waals surface area contributed by atoms with Crippen LogP contribution in [0.2, 0.25) is 15.3 Å². The van der Waals surface area contributed by atoms with Crippen molar-refractivity contribution < 1.29 is 0 Å². The fourth-order valence-electron chi connectivity index (χ4n) is 1.83. The van der Waals surface area contributed by atoms with Gasteiger partial charge in [-0.15, -0.1) is 0 Å². The summed E-state index contributed by atoms with van der Waals surface area (Å²) in [6.45, 7) is 0. The Bertz CT molecular complexity index is 770. The van der Waals surface area contributed by atoms with Crippen molar-refractivity contribution in [3.8, 4) is 22.6 Å². The molecule has 0 fully saturated rings. The predicted molar refractivity (Wildman–Crippen MR) is 83.5 cm³/mol. The van der Waals surface area contributed by atoms with Crippen molar-refractivity contribution in [2.45, 2.75) is 0 Å². The molecule has 0 saturated carbocycles. The molecular weight excluding hydrogens is 331 g/mol. The zero-order valence-corrected chi connectivity index (χ0v) is 12.7. The third-order valence-electron chi connectivity index (χ3n) is 2.77. The van der Waals surface area contributed by atoms with Crippen molar-refractivity contribution in [3.05, 3.63) is 58.2 Å². The minimum absolute atomic E-state index is 0.219. The molecule has 21 heavy (non-hydrogen) atoms. The van der Waals surface area contributed by atoms with Crippen LogP contribution in [-0.2, 0) is 0 Å². The van der Waals surface area contributed by atoms with Gasteiger partial charge in [-0.1, -0.05) is 53.0 Å². The highest BCUT2D eigenvalue weighted by molar-refractivity contribution is 6.40. The largest absolute Gasteiger partial charge is 0.245 e. The topological polar surface area (TPSA) is 51.6 Å². The molecule has 0 atom stereocenters. The Labute approximate surface area is 135 Å². The number of halogens is 3. The molecule has 0 spiro atoms. The van der Waals surface area contributed by atoms with Gasteiger partial charge in [-0.2, -0.15) is 0 Å². The summed E-state index contributed by atoms with van der Waals surface area (Å²) in [6.07, 6.45) is 3.00. The summed E-state index contributed by atoms with van der Waals surface area (Å²) in [5, 5.41) is 0.966. The Kier molecular flexibility index (Phi) is 4.01. The van der Waals surface area contributed by atoms with E-state index in [9.17, 15) is 0 Å². The van der Waals surface area contributed by atoms with Crippen LogP contribution in [0.1, 0.15) is 0 Å². The summed E-state index contributed by atoms with van der Waals surface area (Å²) in [7, 11) is 0. The van der Waals surface area contributed by atoms with Crippen molar-refractivity contribution in [3.63, 3.8) is 0 Å². The second kappa shape index (κ2) is 5.93. The summed E-state index contributed by atoms with van der Waals surface area (Å²) in [5.74, 6) is 0.336. The Balaban J connectivity index is 2.16. The van der Waals surface area contributed by atoms with Crippen molar-refractivity contribution in [2.24, 2.45) is 0 Å². The summed E-state index contributed by atoms with van der Waals surface area (Å²) in [6, 6.07) is 8.90. The normalized spacial score (nSPS) is 10.6. The number of aromatic nitrogens is 4. The van der Waals surface area contributed by atoms with Crippen LogP contribution in [-0.4, -0.2) is 19.9 Å². The van der Waals surface area contributed by atoms with Gasteiger partial charge in [0.1, 0.15) is 22.3 Å². The van der Waals surface area contributed by atoms with Gasteiger partial charge in [0.2, 0.25) is 0 Å². The summed E-state index contributed by atoms with van der Waals surface area (Å²) >= 11 is 18.7. The van der Waals surface area contributed by atoms with E-state index in [1.807, 2.05) is 18.2 Å². The molecular formula is C14H7Cl3N4. The van der Waals surface area contributed by atoms with Crippen molar-refractivity contribution >= 4 is 34.8 Å². The quantitative estimate of drug-likeness (QED) is 0.643. The van der Waals surface area contributed by atoms with E-state index in [-0.39, 0.29) is 10.3 Å². The van der Waals surface area contributed by atoms with Gasteiger partial charge in [0.15, 0.2) is 5.82 Å². The fourth-order valence-corrected chi connectivity index (χ4v) is 2.65. The number of hydrogen-bond donors (Lipinski definition) is 0. The smallest absolute Gasteiger partial charge is 0.181 e. The molecule has 0 aliphatic carbocycles. The lowest BCUT2D eigenvalue weighted by molar-refractivity contribution is 1.10. The standard InChI is InChI=1S/C14H7Cl3N4/c15-9-4-2-1-3-8(9)11-12(16)20-14(21-13(11)17)10-5-6-18-7-19-10/h1-7H. The maximum atomic E-state index is 6.25. The number of rotatable bonds is 2. The molecule has 104 valence electrons. The third kappa shape index (κ3) is 2.83. The van der Waals surface area contributed by atoms with E-state index in [1.54, 1.807) is 18.3 Å². The highest BCUT2D eigenvalue weighted by Gasteiger charge is 2.17. The maximum absolute atomic E-state index is 6.25. The molecule has 0 saturated heterocycles. The molecule has 2 aromatic heterocycles. The first kappa shape index (κ1) is 14.2. The first-order chi connectivity index (χ1) is 10.2. The average Bonchev–Trinajstić information content (AvgIpc) is 2.49. The van der Waals surface area contributed by atoms with Crippen LogP contribution in [0.15, 0.2) is 42.9 Å². The Morgan fingerprint density at radius 1 is 0.857 bits per heavy atom. The van der Waals surface area contributed by atoms with Gasteiger partial charge >= 0.3 is 0 Å². The molecule has 2 heterocycles. The molecule has 7 heteroatoms. The molecule has 0 radical (unpaired) electrons. The lowest BCUT2D eigenvalue weighted by atomic mass is 10.1. The molecule has 0 unspecified atom stereocenters. The Hall–Kier alpha value is -1.75. The van der Waals surface area contributed by atoms with E-state index < -0.39 is 0 Å². The van der Waals surface area contributed by atoms with Crippen LogP contribution in [0.5, 0.6) is 0 Å². The lowest BCUT2D eigenvalue weighted by Gasteiger charge is -2.09. The minimum atomic E-state index is 0.219. The van der Waals surface area contributed by atoms with E-state index in [0.717, 1.165) is 0 Å². The fraction of sp³-hybridized carbons (Fsp3) is 0. The molecule has 3 rings (SSSR count). The van der Waals surface area contributed by atoms with Gasteiger partial charge in [-0.05, 0) is 12.1 Å². The van der Waals surface area contributed by atoms with E-state index in [4.69, 9.17) is 34.8 Å². The van der Waals surface area contributed by atoms with Gasteiger partial charge in [0, 0.05) is 16.8 Å². The van der Waals surface area contributed by atoms with Crippen LogP contribution in [0.3, 0.4) is 0 Å². The lowest BCUT2D eigenvalue weighted by Crippen LogP contribution is -1.96. The van der Waals surface area contributed by atoms with E-state index in [2.05, 4.69) is 19.9 Å². The van der Waals surface area contributed by atoms with Gasteiger partial charge in [-0.3, -0.25) is 0 Å². The van der Waals surface area contributed by atoms with Crippen molar-refractivity contribution in [2.75, 3.05) is 0 Å². The number of nitrogens with zero attached hydrogens (tertiary/aromatic N) is 4. The SMILES string of the molecule is Clc1ccccc1-c1c(Cl)nc(-c2ccncn2)nc1Cl. The van der Waals surface area contributed by atoms with E-state index in [1.165, 1.54) is 6.33 Å². The van der Waals surface area contributed by atoms with Gasteiger partial charge in [0.05, 0.1) is 5.56 Å². The monoisotopic (exact) mass is 336 g/mol. The molecule has 0 bridgehead atoms. The zero-order valence-electron chi connectivity index (χ0n) is 10.5. The second-order valence-corrected chi connectivity index (χ2v) is 5.20. The molecule has 4 nitrogen and oxygen atoms in total. The van der Waals surface area contributed by atoms with Crippen LogP contribution in [0.4, 0.5) is 0 Å². The molecule has 3 aromatic rings. The van der Waals surface area contributed by atoms with Gasteiger partial charge in [0.25, 0.3) is 0 Å². The second-order valence-electron chi connectivity index (χ2n) is 4.08. The van der Waals surface area contributed by atoms with Gasteiger partial charge < -0.3 is 0 Å². The van der Waals surface area contributed by atoms with Crippen LogP contribution >= 0.6 is 34.8 Å². The molecule has 0 amide bonds. The van der Waals surface area contributed by atoms with E-state index >= 15 is 0 Å². The van der Waals surface area contributed by atoms with Crippen LogP contribution in [0.25, 0.3) is 22.6 Å². The molecule has 0 aliphatic heterocycles. The number of hydrogen-bond acceptors (Lipinski definition) is 4. The first-order valence-corrected chi connectivity index (χ1v) is 7.04. The van der Waals surface area contributed by atoms with Crippen LogP contribution in [0, 0.1) is 0 Å². The third-order valence-corrected chi connectivity index (χ3v) is 3.65. The average molecular weight is 338 g/mol. The number of benzene rings is 1. The summed E-state index contributed by atoms with van der Waals surface area (Å²) in [5.41, 5.74) is 1.73. The molecule has 0 N–H and O–H groups in total. The van der Waals surface area contributed by atoms with Crippen LogP contribution < -0.4 is 0 Å². The predicted octanol–water partition coefficient (Wildman–Crippen LogP) is 4.56. The van der Waals surface area contributed by atoms with Crippen molar-refractivity contribution in [1.82, 2.24) is 19.9 Å². The van der Waals surface area contributed by atoms with Gasteiger partial charge in [-0.25, -0.2) is 19.9 Å². The highest BCUT2D eigenvalue weighted by atomic mass is 35.5. The van der Waals surface area contributed by atoms with E-state index in [0.29, 0.717) is 27.7 Å². The maximum Gasteiger partial charge on any atom is 0.181 e. The Morgan fingerprint density at radius 2 is 1.57 bits per heavy atom. The molecule has 0 aliphatic rings. The first-order valence-electron chi connectivity index (χ1n) is 5.91. The molecule has 1 aromatic carbocycles. The van der Waals surface area contributed by atoms with Crippen molar-refractivity contribution in [1.29, 1.82) is 0 Å². The zero-order chi connectivity index (χ0) is 14.8. The summed E-state index contributed by atoms with van der Waals surface area (Å²) < 4.78 is 0. The minimum Gasteiger partial charge on any atom is -0.245 e. The summed E-state index contributed by atoms with van der Waals surface area (Å²) in [4.78, 5) is 16.4.